The average molecular weight is 399 g/mol. The second-order valence-electron chi connectivity index (χ2n) is 6.88. The van der Waals surface area contributed by atoms with E-state index in [1.54, 1.807) is 18.2 Å². The molecule has 0 atom stereocenters. The van der Waals surface area contributed by atoms with Crippen LogP contribution < -0.4 is 15.5 Å². The summed E-state index contributed by atoms with van der Waals surface area (Å²) in [6.07, 6.45) is 1.24. The number of hydrogen-bond acceptors (Lipinski definition) is 4. The van der Waals surface area contributed by atoms with E-state index in [0.717, 1.165) is 16.9 Å². The van der Waals surface area contributed by atoms with Crippen LogP contribution in [0.4, 0.5) is 0 Å². The van der Waals surface area contributed by atoms with Crippen molar-refractivity contribution in [2.75, 3.05) is 0 Å². The van der Waals surface area contributed by atoms with Crippen molar-refractivity contribution in [1.29, 1.82) is 0 Å². The highest BCUT2D eigenvalue weighted by atomic mass is 16.5. The summed E-state index contributed by atoms with van der Waals surface area (Å²) in [6.45, 7) is 0.951. The lowest BCUT2D eigenvalue weighted by Crippen LogP contribution is -2.28. The molecule has 150 valence electrons. The van der Waals surface area contributed by atoms with E-state index in [2.05, 4.69) is 10.4 Å². The molecule has 0 fully saturated rings. The van der Waals surface area contributed by atoms with Crippen LogP contribution in [0.5, 0.6) is 5.75 Å². The van der Waals surface area contributed by atoms with Gasteiger partial charge in [0.2, 0.25) is 11.3 Å². The maximum Gasteiger partial charge on any atom is 0.242 e. The fourth-order valence-corrected chi connectivity index (χ4v) is 3.12. The Kier molecular flexibility index (Phi) is 5.85. The summed E-state index contributed by atoms with van der Waals surface area (Å²) in [5.41, 5.74) is 2.56. The molecule has 1 amide bonds. The molecule has 1 N–H and O–H groups in total. The summed E-state index contributed by atoms with van der Waals surface area (Å²) in [7, 11) is 0. The number of hydrogen-bond donors (Lipinski definition) is 1. The van der Waals surface area contributed by atoms with Crippen LogP contribution in [0.15, 0.2) is 89.9 Å². The van der Waals surface area contributed by atoms with E-state index in [1.807, 2.05) is 60.7 Å². The average Bonchev–Trinajstić information content (AvgIpc) is 2.80. The molecule has 6 nitrogen and oxygen atoms in total. The number of aromatic nitrogens is 2. The summed E-state index contributed by atoms with van der Waals surface area (Å²) >= 11 is 0. The summed E-state index contributed by atoms with van der Waals surface area (Å²) in [5, 5.41) is 7.52. The molecule has 6 heteroatoms. The van der Waals surface area contributed by atoms with Crippen molar-refractivity contribution < 1.29 is 9.53 Å². The fourth-order valence-electron chi connectivity index (χ4n) is 3.12. The monoisotopic (exact) mass is 399 g/mol. The second kappa shape index (κ2) is 9.05. The summed E-state index contributed by atoms with van der Waals surface area (Å²) in [5.74, 6) is 0.596. The largest absolute Gasteiger partial charge is 0.489 e. The number of nitrogens with one attached hydrogen (secondary N) is 1. The lowest BCUT2D eigenvalue weighted by Gasteiger charge is -2.10. The van der Waals surface area contributed by atoms with Crippen LogP contribution in [0.25, 0.3) is 10.9 Å². The third kappa shape index (κ3) is 4.72. The molecule has 4 aromatic rings. The van der Waals surface area contributed by atoms with Gasteiger partial charge >= 0.3 is 0 Å². The Balaban J connectivity index is 1.32. The van der Waals surface area contributed by atoms with Crippen LogP contribution in [0.3, 0.4) is 0 Å². The third-order valence-electron chi connectivity index (χ3n) is 4.72. The van der Waals surface area contributed by atoms with E-state index in [0.29, 0.717) is 24.1 Å². The van der Waals surface area contributed by atoms with Gasteiger partial charge < -0.3 is 10.1 Å². The standard InChI is InChI=1S/C24H21N3O3/c28-23-15-26-27(22-9-5-4-8-21(22)23)16-24(29)25-14-18-10-12-20(13-11-18)30-17-19-6-2-1-3-7-19/h1-13,15H,14,16-17H2,(H,25,29). The summed E-state index contributed by atoms with van der Waals surface area (Å²) in [4.78, 5) is 24.3. The number of carbonyl (C=O) groups excluding carboxylic acids is 1. The molecular weight excluding hydrogens is 378 g/mol. The Morgan fingerprint density at radius 3 is 2.43 bits per heavy atom. The van der Waals surface area contributed by atoms with E-state index in [9.17, 15) is 9.59 Å². The Labute approximate surface area is 173 Å². The van der Waals surface area contributed by atoms with Crippen molar-refractivity contribution in [3.63, 3.8) is 0 Å². The number of rotatable bonds is 7. The third-order valence-corrected chi connectivity index (χ3v) is 4.72. The first-order valence-corrected chi connectivity index (χ1v) is 9.66. The fraction of sp³-hybridized carbons (Fsp3) is 0.125. The minimum absolute atomic E-state index is 0.0407. The normalized spacial score (nSPS) is 10.7. The highest BCUT2D eigenvalue weighted by molar-refractivity contribution is 5.81. The van der Waals surface area contributed by atoms with Crippen LogP contribution in [-0.2, 0) is 24.5 Å². The molecule has 0 saturated carbocycles. The second-order valence-corrected chi connectivity index (χ2v) is 6.88. The van der Waals surface area contributed by atoms with Gasteiger partial charge in [0.15, 0.2) is 0 Å². The highest BCUT2D eigenvalue weighted by Crippen LogP contribution is 2.14. The van der Waals surface area contributed by atoms with Gasteiger partial charge in [-0.1, -0.05) is 54.6 Å². The zero-order valence-electron chi connectivity index (χ0n) is 16.3. The molecule has 1 aromatic heterocycles. The lowest BCUT2D eigenvalue weighted by atomic mass is 10.2. The number of benzene rings is 3. The Morgan fingerprint density at radius 1 is 0.900 bits per heavy atom. The predicted molar refractivity (Wildman–Crippen MR) is 115 cm³/mol. The quantitative estimate of drug-likeness (QED) is 0.518. The maximum atomic E-state index is 12.4. The van der Waals surface area contributed by atoms with Crippen molar-refractivity contribution >= 4 is 16.8 Å². The van der Waals surface area contributed by atoms with Gasteiger partial charge in [-0.25, -0.2) is 0 Å². The molecule has 30 heavy (non-hydrogen) atoms. The molecule has 4 rings (SSSR count). The van der Waals surface area contributed by atoms with E-state index in [4.69, 9.17) is 4.74 Å². The van der Waals surface area contributed by atoms with Gasteiger partial charge in [0.25, 0.3) is 0 Å². The van der Waals surface area contributed by atoms with Crippen molar-refractivity contribution in [3.05, 3.63) is 106 Å². The van der Waals surface area contributed by atoms with Gasteiger partial charge in [-0.2, -0.15) is 5.10 Å². The summed E-state index contributed by atoms with van der Waals surface area (Å²) < 4.78 is 7.31. The van der Waals surface area contributed by atoms with Crippen LogP contribution >= 0.6 is 0 Å². The highest BCUT2D eigenvalue weighted by Gasteiger charge is 2.08. The lowest BCUT2D eigenvalue weighted by molar-refractivity contribution is -0.121. The minimum Gasteiger partial charge on any atom is -0.489 e. The molecule has 0 aliphatic heterocycles. The number of amides is 1. The number of carbonyl (C=O) groups is 1. The molecule has 0 unspecified atom stereocenters. The topological polar surface area (TPSA) is 73.2 Å². The Hall–Kier alpha value is -3.93. The number of para-hydroxylation sites is 1. The van der Waals surface area contributed by atoms with E-state index >= 15 is 0 Å². The van der Waals surface area contributed by atoms with E-state index in [1.165, 1.54) is 10.9 Å². The SMILES string of the molecule is O=C(Cn1ncc(=O)c2ccccc21)NCc1ccc(OCc2ccccc2)cc1. The predicted octanol–water partition coefficient (Wildman–Crippen LogP) is 3.29. The van der Waals surface area contributed by atoms with Gasteiger partial charge in [-0.05, 0) is 35.4 Å². The smallest absolute Gasteiger partial charge is 0.242 e. The molecule has 1 heterocycles. The first-order chi connectivity index (χ1) is 14.7. The van der Waals surface area contributed by atoms with Gasteiger partial charge in [0, 0.05) is 11.9 Å². The molecule has 0 saturated heterocycles. The van der Waals surface area contributed by atoms with Crippen molar-refractivity contribution in [2.24, 2.45) is 0 Å². The first-order valence-electron chi connectivity index (χ1n) is 9.66. The van der Waals surface area contributed by atoms with Crippen LogP contribution in [0, 0.1) is 0 Å². The van der Waals surface area contributed by atoms with Gasteiger partial charge in [0.1, 0.15) is 18.9 Å². The first kappa shape index (κ1) is 19.4. The number of nitrogens with zero attached hydrogens (tertiary/aromatic N) is 2. The van der Waals surface area contributed by atoms with E-state index < -0.39 is 0 Å². The van der Waals surface area contributed by atoms with Crippen LogP contribution in [0.1, 0.15) is 11.1 Å². The zero-order chi connectivity index (χ0) is 20.8. The van der Waals surface area contributed by atoms with Crippen LogP contribution in [0.2, 0.25) is 0 Å². The van der Waals surface area contributed by atoms with Crippen molar-refractivity contribution in [3.8, 4) is 5.75 Å². The van der Waals surface area contributed by atoms with Gasteiger partial charge in [-0.3, -0.25) is 14.3 Å². The molecule has 0 spiro atoms. The molecular formula is C24H21N3O3. The Bertz CT molecular complexity index is 1200. The van der Waals surface area contributed by atoms with Crippen molar-refractivity contribution in [1.82, 2.24) is 15.1 Å². The summed E-state index contributed by atoms with van der Waals surface area (Å²) in [6, 6.07) is 24.7. The minimum atomic E-state index is -0.180. The van der Waals surface area contributed by atoms with Crippen molar-refractivity contribution in [2.45, 2.75) is 19.7 Å². The van der Waals surface area contributed by atoms with Gasteiger partial charge in [0.05, 0.1) is 11.7 Å². The Morgan fingerprint density at radius 2 is 1.63 bits per heavy atom. The molecule has 0 radical (unpaired) electrons. The maximum absolute atomic E-state index is 12.4. The molecule has 0 bridgehead atoms. The van der Waals surface area contributed by atoms with Gasteiger partial charge in [-0.15, -0.1) is 0 Å². The number of ether oxygens (including phenoxy) is 1. The number of fused-ring (bicyclic) bond motifs is 1. The molecule has 3 aromatic carbocycles. The molecule has 0 aliphatic rings. The van der Waals surface area contributed by atoms with E-state index in [-0.39, 0.29) is 17.9 Å². The molecule has 0 aliphatic carbocycles. The van der Waals surface area contributed by atoms with Crippen LogP contribution in [-0.4, -0.2) is 15.7 Å². The zero-order valence-corrected chi connectivity index (χ0v) is 16.3.